The van der Waals surface area contributed by atoms with E-state index >= 15 is 0 Å². The van der Waals surface area contributed by atoms with Crippen molar-refractivity contribution in [2.45, 2.75) is 6.92 Å². The molecule has 0 spiro atoms. The second-order valence-corrected chi connectivity index (χ2v) is 1.63. The second-order valence-electron chi connectivity index (χ2n) is 1.63. The van der Waals surface area contributed by atoms with Crippen LogP contribution in [-0.2, 0) is 4.74 Å². The van der Waals surface area contributed by atoms with Gasteiger partial charge < -0.3 is 10.1 Å². The average Bonchev–Trinajstić information content (AvgIpc) is 1.91. The predicted molar refractivity (Wildman–Crippen MR) is 36.2 cm³/mol. The molecule has 3 heteroatoms. The first-order chi connectivity index (χ1) is 4.43. The van der Waals surface area contributed by atoms with Gasteiger partial charge in [-0.2, -0.15) is 0 Å². The van der Waals surface area contributed by atoms with Crippen LogP contribution in [0.2, 0.25) is 0 Å². The molecule has 0 radical (unpaired) electrons. The third-order valence-electron chi connectivity index (χ3n) is 0.976. The number of hydrogen-bond acceptors (Lipinski definition) is 3. The van der Waals surface area contributed by atoms with E-state index in [1.807, 2.05) is 13.0 Å². The Morgan fingerprint density at radius 2 is 2.78 bits per heavy atom. The lowest BCUT2D eigenvalue weighted by atomic mass is 10.5. The summed E-state index contributed by atoms with van der Waals surface area (Å²) < 4.78 is 5.14. The van der Waals surface area contributed by atoms with Crippen LogP contribution in [0.25, 0.3) is 0 Å². The van der Waals surface area contributed by atoms with Gasteiger partial charge in [0.2, 0.25) is 0 Å². The lowest BCUT2D eigenvalue weighted by molar-refractivity contribution is 0.206. The van der Waals surface area contributed by atoms with Crippen molar-refractivity contribution in [2.24, 2.45) is 4.99 Å². The van der Waals surface area contributed by atoms with Crippen LogP contribution in [0.4, 0.5) is 0 Å². The first-order valence-electron chi connectivity index (χ1n) is 3.00. The Labute approximate surface area is 54.4 Å². The molecule has 1 rings (SSSR count). The van der Waals surface area contributed by atoms with Gasteiger partial charge in [-0.25, -0.2) is 0 Å². The predicted octanol–water partition coefficient (Wildman–Crippen LogP) is 0.496. The van der Waals surface area contributed by atoms with E-state index < -0.39 is 0 Å². The number of aliphatic imine (C=N–C) groups is 1. The van der Waals surface area contributed by atoms with Gasteiger partial charge in [-0.15, -0.1) is 0 Å². The molecule has 9 heavy (non-hydrogen) atoms. The molecule has 1 N–H and O–H groups in total. The molecule has 0 aliphatic carbocycles. The van der Waals surface area contributed by atoms with Crippen molar-refractivity contribution >= 4 is 6.21 Å². The Morgan fingerprint density at radius 1 is 1.89 bits per heavy atom. The zero-order valence-electron chi connectivity index (χ0n) is 5.42. The fourth-order valence-electron chi connectivity index (χ4n) is 0.610. The third-order valence-corrected chi connectivity index (χ3v) is 0.976. The van der Waals surface area contributed by atoms with Crippen LogP contribution in [-0.4, -0.2) is 19.5 Å². The highest BCUT2D eigenvalue weighted by atomic mass is 16.5. The number of hydrogen-bond donors (Lipinski definition) is 1. The van der Waals surface area contributed by atoms with Crippen LogP contribution in [0.3, 0.4) is 0 Å². The van der Waals surface area contributed by atoms with E-state index in [0.717, 1.165) is 5.88 Å². The Kier molecular flexibility index (Phi) is 2.13. The van der Waals surface area contributed by atoms with E-state index in [0.29, 0.717) is 13.3 Å². The first kappa shape index (κ1) is 6.13. The summed E-state index contributed by atoms with van der Waals surface area (Å²) in [5.74, 6) is 0.813. The number of nitrogens with zero attached hydrogens (tertiary/aromatic N) is 1. The van der Waals surface area contributed by atoms with Crippen molar-refractivity contribution < 1.29 is 4.74 Å². The molecular formula is C6H10N2O. The van der Waals surface area contributed by atoms with Gasteiger partial charge in [0.15, 0.2) is 5.88 Å². The van der Waals surface area contributed by atoms with Crippen LogP contribution in [0, 0.1) is 0 Å². The van der Waals surface area contributed by atoms with E-state index in [9.17, 15) is 0 Å². The van der Waals surface area contributed by atoms with E-state index in [1.165, 1.54) is 0 Å². The Hall–Kier alpha value is -0.990. The molecule has 0 amide bonds. The SMILES string of the molecule is CCOC1=CC=NCN1. The molecule has 0 aromatic heterocycles. The molecule has 0 aromatic carbocycles. The summed E-state index contributed by atoms with van der Waals surface area (Å²) in [6.45, 7) is 3.28. The van der Waals surface area contributed by atoms with E-state index in [4.69, 9.17) is 4.74 Å². The van der Waals surface area contributed by atoms with Crippen LogP contribution in [0.1, 0.15) is 6.92 Å². The van der Waals surface area contributed by atoms with Crippen LogP contribution < -0.4 is 5.32 Å². The van der Waals surface area contributed by atoms with Crippen LogP contribution in [0.5, 0.6) is 0 Å². The molecule has 0 fully saturated rings. The molecule has 3 nitrogen and oxygen atoms in total. The summed E-state index contributed by atoms with van der Waals surface area (Å²) in [6, 6.07) is 0. The first-order valence-corrected chi connectivity index (χ1v) is 3.00. The van der Waals surface area contributed by atoms with Crippen LogP contribution >= 0.6 is 0 Å². The van der Waals surface area contributed by atoms with Gasteiger partial charge >= 0.3 is 0 Å². The highest BCUT2D eigenvalue weighted by molar-refractivity contribution is 5.72. The molecular weight excluding hydrogens is 116 g/mol. The monoisotopic (exact) mass is 126 g/mol. The summed E-state index contributed by atoms with van der Waals surface area (Å²) in [7, 11) is 0. The fourth-order valence-corrected chi connectivity index (χ4v) is 0.610. The largest absolute Gasteiger partial charge is 0.479 e. The van der Waals surface area contributed by atoms with Gasteiger partial charge in [0.05, 0.1) is 6.61 Å². The molecule has 0 atom stereocenters. The van der Waals surface area contributed by atoms with Crippen molar-refractivity contribution in [3.8, 4) is 0 Å². The maximum absolute atomic E-state index is 5.14. The molecule has 1 heterocycles. The van der Waals surface area contributed by atoms with Crippen molar-refractivity contribution in [1.82, 2.24) is 5.32 Å². The standard InChI is InChI=1S/C6H10N2O/c1-2-9-6-3-4-7-5-8-6/h3-4,8H,2,5H2,1H3. The van der Waals surface area contributed by atoms with Crippen molar-refractivity contribution in [2.75, 3.05) is 13.3 Å². The minimum absolute atomic E-state index is 0.631. The van der Waals surface area contributed by atoms with Gasteiger partial charge in [0.25, 0.3) is 0 Å². The van der Waals surface area contributed by atoms with Crippen LogP contribution in [0.15, 0.2) is 17.0 Å². The minimum atomic E-state index is 0.631. The maximum Gasteiger partial charge on any atom is 0.189 e. The lowest BCUT2D eigenvalue weighted by Crippen LogP contribution is -2.18. The van der Waals surface area contributed by atoms with Gasteiger partial charge in [0, 0.05) is 12.3 Å². The van der Waals surface area contributed by atoms with E-state index in [-0.39, 0.29) is 0 Å². The van der Waals surface area contributed by atoms with Crippen molar-refractivity contribution in [3.05, 3.63) is 12.0 Å². The van der Waals surface area contributed by atoms with Crippen molar-refractivity contribution in [3.63, 3.8) is 0 Å². The zero-order valence-corrected chi connectivity index (χ0v) is 5.42. The van der Waals surface area contributed by atoms with Gasteiger partial charge in [0.1, 0.15) is 6.67 Å². The number of allylic oxidation sites excluding steroid dienone is 1. The number of nitrogens with one attached hydrogen (secondary N) is 1. The second kappa shape index (κ2) is 3.12. The Bertz CT molecular complexity index is 140. The Balaban J connectivity index is 2.38. The molecule has 0 aromatic rings. The average molecular weight is 126 g/mol. The summed E-state index contributed by atoms with van der Waals surface area (Å²) in [5.41, 5.74) is 0. The molecule has 0 unspecified atom stereocenters. The maximum atomic E-state index is 5.14. The molecule has 50 valence electrons. The highest BCUT2D eigenvalue weighted by Gasteiger charge is 1.95. The summed E-state index contributed by atoms with van der Waals surface area (Å²) in [5, 5.41) is 2.96. The fraction of sp³-hybridized carbons (Fsp3) is 0.500. The molecule has 1 aliphatic rings. The van der Waals surface area contributed by atoms with Gasteiger partial charge in [-0.1, -0.05) is 0 Å². The lowest BCUT2D eigenvalue weighted by Gasteiger charge is -2.10. The van der Waals surface area contributed by atoms with E-state index in [1.54, 1.807) is 6.21 Å². The topological polar surface area (TPSA) is 33.6 Å². The normalized spacial score (nSPS) is 16.3. The molecule has 0 saturated carbocycles. The molecule has 1 aliphatic heterocycles. The molecule has 0 bridgehead atoms. The smallest absolute Gasteiger partial charge is 0.189 e. The van der Waals surface area contributed by atoms with Gasteiger partial charge in [-0.3, -0.25) is 4.99 Å². The zero-order chi connectivity index (χ0) is 6.53. The summed E-state index contributed by atoms with van der Waals surface area (Å²) in [4.78, 5) is 3.92. The van der Waals surface area contributed by atoms with Crippen molar-refractivity contribution in [1.29, 1.82) is 0 Å². The summed E-state index contributed by atoms with van der Waals surface area (Å²) in [6.07, 6.45) is 3.55. The number of rotatable bonds is 2. The summed E-state index contributed by atoms with van der Waals surface area (Å²) >= 11 is 0. The number of ether oxygens (including phenoxy) is 1. The highest BCUT2D eigenvalue weighted by Crippen LogP contribution is 1.93. The van der Waals surface area contributed by atoms with E-state index in [2.05, 4.69) is 10.3 Å². The minimum Gasteiger partial charge on any atom is -0.479 e. The van der Waals surface area contributed by atoms with Gasteiger partial charge in [-0.05, 0) is 6.92 Å². The Morgan fingerprint density at radius 3 is 3.33 bits per heavy atom. The third kappa shape index (κ3) is 1.76. The quantitative estimate of drug-likeness (QED) is 0.584. The molecule has 0 saturated heterocycles.